The fourth-order valence-electron chi connectivity index (χ4n) is 3.42. The molecule has 1 saturated heterocycles. The van der Waals surface area contributed by atoms with E-state index in [2.05, 4.69) is 48.4 Å². The molecular weight excluding hydrogens is 284 g/mol. The first-order valence-corrected chi connectivity index (χ1v) is 7.94. The largest absolute Gasteiger partial charge is 0.342 e. The predicted octanol–water partition coefficient (Wildman–Crippen LogP) is 3.75. The molecule has 0 amide bonds. The Kier molecular flexibility index (Phi) is 3.27. The Morgan fingerprint density at radius 2 is 1.96 bits per heavy atom. The Balaban J connectivity index is 1.70. The molecule has 2 atom stereocenters. The number of hydrogen-bond acceptors (Lipinski definition) is 3. The van der Waals surface area contributed by atoms with Gasteiger partial charge in [-0.1, -0.05) is 43.3 Å². The Morgan fingerprint density at radius 1 is 1.13 bits per heavy atom. The third-order valence-corrected chi connectivity index (χ3v) is 4.71. The first-order chi connectivity index (χ1) is 11.2. The van der Waals surface area contributed by atoms with Crippen molar-refractivity contribution in [1.29, 1.82) is 5.26 Å². The highest BCUT2D eigenvalue weighted by Gasteiger charge is 2.32. The number of H-pyrrole nitrogens is 1. The summed E-state index contributed by atoms with van der Waals surface area (Å²) in [5.41, 5.74) is 4.42. The van der Waals surface area contributed by atoms with Crippen LogP contribution in [0.25, 0.3) is 22.2 Å². The van der Waals surface area contributed by atoms with Crippen molar-refractivity contribution in [2.24, 2.45) is 5.92 Å². The van der Waals surface area contributed by atoms with E-state index in [9.17, 15) is 0 Å². The van der Waals surface area contributed by atoms with Crippen LogP contribution in [0, 0.1) is 17.4 Å². The van der Waals surface area contributed by atoms with Crippen molar-refractivity contribution in [3.63, 3.8) is 0 Å². The van der Waals surface area contributed by atoms with Gasteiger partial charge in [-0.25, -0.2) is 4.98 Å². The zero-order valence-corrected chi connectivity index (χ0v) is 13.0. The number of nitriles is 1. The van der Waals surface area contributed by atoms with Gasteiger partial charge >= 0.3 is 0 Å². The van der Waals surface area contributed by atoms with Crippen molar-refractivity contribution < 1.29 is 0 Å². The number of nitrogens with one attached hydrogen (secondary N) is 1. The predicted molar refractivity (Wildman–Crippen MR) is 90.6 cm³/mol. The second-order valence-corrected chi connectivity index (χ2v) is 6.31. The minimum atomic E-state index is 0.294. The van der Waals surface area contributed by atoms with Crippen LogP contribution in [0.4, 0.5) is 0 Å². The van der Waals surface area contributed by atoms with Crippen molar-refractivity contribution in [3.05, 3.63) is 54.4 Å². The van der Waals surface area contributed by atoms with Crippen LogP contribution in [0.2, 0.25) is 0 Å². The van der Waals surface area contributed by atoms with Gasteiger partial charge in [-0.05, 0) is 29.2 Å². The van der Waals surface area contributed by atoms with E-state index in [1.54, 1.807) is 0 Å². The number of imidazole rings is 1. The lowest BCUT2D eigenvalue weighted by Crippen LogP contribution is -2.13. The molecule has 0 bridgehead atoms. The lowest BCUT2D eigenvalue weighted by molar-refractivity contribution is 0.465. The monoisotopic (exact) mass is 302 g/mol. The van der Waals surface area contributed by atoms with Crippen molar-refractivity contribution >= 4 is 11.0 Å². The average molecular weight is 302 g/mol. The van der Waals surface area contributed by atoms with Crippen LogP contribution in [0.1, 0.15) is 18.7 Å². The molecule has 0 unspecified atom stereocenters. The van der Waals surface area contributed by atoms with E-state index in [0.717, 1.165) is 29.9 Å². The minimum Gasteiger partial charge on any atom is -0.342 e. The molecule has 1 aliphatic rings. The summed E-state index contributed by atoms with van der Waals surface area (Å²) in [6.45, 7) is 3.75. The summed E-state index contributed by atoms with van der Waals surface area (Å²) in [6, 6.07) is 16.7. The van der Waals surface area contributed by atoms with Crippen LogP contribution in [-0.2, 0) is 0 Å². The van der Waals surface area contributed by atoms with Crippen molar-refractivity contribution in [3.8, 4) is 17.3 Å². The maximum absolute atomic E-state index is 9.10. The molecule has 4 heteroatoms. The fraction of sp³-hybridized carbons (Fsp3) is 0.263. The van der Waals surface area contributed by atoms with Gasteiger partial charge in [0.05, 0.1) is 11.0 Å². The van der Waals surface area contributed by atoms with E-state index in [4.69, 9.17) is 10.2 Å². The lowest BCUT2D eigenvalue weighted by atomic mass is 9.98. The fourth-order valence-corrected chi connectivity index (χ4v) is 3.42. The van der Waals surface area contributed by atoms with Crippen LogP contribution in [-0.4, -0.2) is 28.0 Å². The third kappa shape index (κ3) is 2.44. The SMILES string of the molecule is C[C@H]1CN(C#N)C[C@@H]1c1nc2cc(-c3ccccc3)ccc2[nH]1. The topological polar surface area (TPSA) is 55.7 Å². The number of aromatic amines is 1. The molecule has 0 radical (unpaired) electrons. The molecule has 3 aromatic rings. The number of benzene rings is 2. The average Bonchev–Trinajstić information content (AvgIpc) is 3.17. The maximum atomic E-state index is 9.10. The highest BCUT2D eigenvalue weighted by atomic mass is 15.2. The summed E-state index contributed by atoms with van der Waals surface area (Å²) in [6.07, 6.45) is 2.25. The van der Waals surface area contributed by atoms with Crippen molar-refractivity contribution in [1.82, 2.24) is 14.9 Å². The van der Waals surface area contributed by atoms with Crippen LogP contribution in [0.15, 0.2) is 48.5 Å². The second-order valence-electron chi connectivity index (χ2n) is 6.31. The van der Waals surface area contributed by atoms with Gasteiger partial charge in [-0.3, -0.25) is 0 Å². The molecule has 1 fully saturated rings. The number of hydrogen-bond donors (Lipinski definition) is 1. The first kappa shape index (κ1) is 13.8. The molecule has 4 rings (SSSR count). The Bertz CT molecular complexity index is 875. The van der Waals surface area contributed by atoms with E-state index in [0.29, 0.717) is 11.8 Å². The molecular formula is C19H18N4. The quantitative estimate of drug-likeness (QED) is 0.734. The molecule has 114 valence electrons. The number of nitrogens with zero attached hydrogens (tertiary/aromatic N) is 3. The zero-order valence-electron chi connectivity index (χ0n) is 13.0. The van der Waals surface area contributed by atoms with Gasteiger partial charge in [-0.2, -0.15) is 5.26 Å². The molecule has 1 aliphatic heterocycles. The van der Waals surface area contributed by atoms with Crippen LogP contribution >= 0.6 is 0 Å². The smallest absolute Gasteiger partial charge is 0.179 e. The Hall–Kier alpha value is -2.80. The van der Waals surface area contributed by atoms with E-state index in [1.165, 1.54) is 11.1 Å². The maximum Gasteiger partial charge on any atom is 0.179 e. The van der Waals surface area contributed by atoms with E-state index in [1.807, 2.05) is 23.1 Å². The van der Waals surface area contributed by atoms with Gasteiger partial charge in [0.1, 0.15) is 5.82 Å². The summed E-state index contributed by atoms with van der Waals surface area (Å²) < 4.78 is 0. The normalized spacial score (nSPS) is 20.8. The summed E-state index contributed by atoms with van der Waals surface area (Å²) in [5.74, 6) is 1.72. The van der Waals surface area contributed by atoms with Gasteiger partial charge in [0.2, 0.25) is 0 Å². The van der Waals surface area contributed by atoms with Crippen LogP contribution in [0.5, 0.6) is 0 Å². The molecule has 4 nitrogen and oxygen atoms in total. The number of aromatic nitrogens is 2. The molecule has 2 heterocycles. The van der Waals surface area contributed by atoms with E-state index < -0.39 is 0 Å². The van der Waals surface area contributed by atoms with Crippen LogP contribution in [0.3, 0.4) is 0 Å². The minimum absolute atomic E-state index is 0.294. The second kappa shape index (κ2) is 5.44. The van der Waals surface area contributed by atoms with Crippen molar-refractivity contribution in [2.75, 3.05) is 13.1 Å². The molecule has 1 aromatic heterocycles. The molecule has 2 aromatic carbocycles. The number of likely N-dealkylation sites (tertiary alicyclic amines) is 1. The standard InChI is InChI=1S/C19H18N4/c1-13-10-23(12-20)11-16(13)19-21-17-8-7-15(9-18(17)22-19)14-5-3-2-4-6-14/h2-9,13,16H,10-11H2,1H3,(H,21,22)/t13-,16-/m0/s1. The van der Waals surface area contributed by atoms with Crippen LogP contribution < -0.4 is 0 Å². The first-order valence-electron chi connectivity index (χ1n) is 7.94. The summed E-state index contributed by atoms with van der Waals surface area (Å²) in [4.78, 5) is 10.1. The van der Waals surface area contributed by atoms with E-state index >= 15 is 0 Å². The van der Waals surface area contributed by atoms with Gasteiger partial charge in [0.25, 0.3) is 0 Å². The highest BCUT2D eigenvalue weighted by molar-refractivity contribution is 5.82. The lowest BCUT2D eigenvalue weighted by Gasteiger charge is -2.09. The number of fused-ring (bicyclic) bond motifs is 1. The summed E-state index contributed by atoms with van der Waals surface area (Å²) in [7, 11) is 0. The molecule has 0 aliphatic carbocycles. The molecule has 1 N–H and O–H groups in total. The van der Waals surface area contributed by atoms with E-state index in [-0.39, 0.29) is 0 Å². The number of rotatable bonds is 2. The summed E-state index contributed by atoms with van der Waals surface area (Å²) in [5, 5.41) is 9.10. The Morgan fingerprint density at radius 3 is 2.70 bits per heavy atom. The van der Waals surface area contributed by atoms with Gasteiger partial charge in [0, 0.05) is 19.0 Å². The zero-order chi connectivity index (χ0) is 15.8. The highest BCUT2D eigenvalue weighted by Crippen LogP contribution is 2.32. The van der Waals surface area contributed by atoms with Gasteiger partial charge in [-0.15, -0.1) is 0 Å². The Labute approximate surface area is 135 Å². The van der Waals surface area contributed by atoms with Gasteiger partial charge < -0.3 is 9.88 Å². The third-order valence-electron chi connectivity index (χ3n) is 4.71. The summed E-state index contributed by atoms with van der Waals surface area (Å²) >= 11 is 0. The van der Waals surface area contributed by atoms with Crippen molar-refractivity contribution in [2.45, 2.75) is 12.8 Å². The molecule has 23 heavy (non-hydrogen) atoms. The van der Waals surface area contributed by atoms with Gasteiger partial charge in [0.15, 0.2) is 6.19 Å². The molecule has 0 spiro atoms. The molecule has 0 saturated carbocycles.